The summed E-state index contributed by atoms with van der Waals surface area (Å²) in [4.78, 5) is 37.2. The van der Waals surface area contributed by atoms with Crippen molar-refractivity contribution in [2.24, 2.45) is 7.05 Å². The molecule has 8 heteroatoms. The quantitative estimate of drug-likeness (QED) is 0.625. The molecule has 0 aliphatic rings. The highest BCUT2D eigenvalue weighted by molar-refractivity contribution is 6.42. The molecule has 2 amide bonds. The zero-order chi connectivity index (χ0) is 21.2. The van der Waals surface area contributed by atoms with Crippen LogP contribution in [0.5, 0.6) is 0 Å². The molecular weight excluding hydrogens is 363 g/mol. The molecule has 1 aromatic heterocycles. The van der Waals surface area contributed by atoms with Crippen LogP contribution in [0.15, 0.2) is 24.3 Å². The van der Waals surface area contributed by atoms with Gasteiger partial charge in [-0.25, -0.2) is 4.39 Å². The average molecular weight is 384 g/mol. The molecule has 0 spiro atoms. The Bertz CT molecular complexity index is 1010. The number of rotatable bonds is 4. The summed E-state index contributed by atoms with van der Waals surface area (Å²) in [6, 6.07) is 6.66. The van der Waals surface area contributed by atoms with E-state index >= 15 is 0 Å². The molecule has 2 rings (SSSR count). The van der Waals surface area contributed by atoms with Gasteiger partial charge in [-0.05, 0) is 52.0 Å². The van der Waals surface area contributed by atoms with Crippen LogP contribution in [0, 0.1) is 24.1 Å². The minimum atomic E-state index is -0.766. The van der Waals surface area contributed by atoms with Crippen molar-refractivity contribution in [3.05, 3.63) is 52.6 Å². The number of hydrogen-bond donors (Lipinski definition) is 2. The Labute approximate surface area is 162 Å². The van der Waals surface area contributed by atoms with Crippen molar-refractivity contribution in [2.75, 3.05) is 5.32 Å². The lowest BCUT2D eigenvalue weighted by Gasteiger charge is -2.19. The number of carbonyl (C=O) groups excluding carboxylic acids is 3. The lowest BCUT2D eigenvalue weighted by molar-refractivity contribution is -0.118. The van der Waals surface area contributed by atoms with Crippen LogP contribution in [0.1, 0.15) is 52.9 Å². The van der Waals surface area contributed by atoms with Gasteiger partial charge in [-0.3, -0.25) is 14.4 Å². The fourth-order valence-electron chi connectivity index (χ4n) is 2.55. The molecule has 0 atom stereocenters. The molecule has 2 aromatic rings. The molecule has 0 aliphatic heterocycles. The number of benzene rings is 1. The zero-order valence-electron chi connectivity index (χ0n) is 16.3. The minimum Gasteiger partial charge on any atom is -0.345 e. The van der Waals surface area contributed by atoms with Crippen LogP contribution in [0.4, 0.5) is 10.1 Å². The number of anilines is 1. The molecule has 146 valence electrons. The smallest absolute Gasteiger partial charge is 0.294 e. The third kappa shape index (κ3) is 4.43. The van der Waals surface area contributed by atoms with E-state index in [2.05, 4.69) is 10.6 Å². The fraction of sp³-hybridized carbons (Fsp3) is 0.300. The Morgan fingerprint density at radius 2 is 1.82 bits per heavy atom. The highest BCUT2D eigenvalue weighted by atomic mass is 19.1. The number of amides is 2. The lowest BCUT2D eigenvalue weighted by atomic mass is 10.1. The Hall–Kier alpha value is -3.47. The number of nitriles is 1. The van der Waals surface area contributed by atoms with Crippen LogP contribution in [0.25, 0.3) is 0 Å². The van der Waals surface area contributed by atoms with Crippen LogP contribution in [0.3, 0.4) is 0 Å². The maximum Gasteiger partial charge on any atom is 0.294 e. The van der Waals surface area contributed by atoms with Crippen molar-refractivity contribution in [1.29, 1.82) is 5.26 Å². The molecule has 1 heterocycles. The molecule has 0 aliphatic carbocycles. The number of Topliss-reactive ketones (excluding diaryl/α,β-unsaturated/α-hetero) is 1. The molecule has 1 aromatic carbocycles. The van der Waals surface area contributed by atoms with Crippen LogP contribution >= 0.6 is 0 Å². The van der Waals surface area contributed by atoms with E-state index in [1.54, 1.807) is 40.8 Å². The zero-order valence-corrected chi connectivity index (χ0v) is 16.3. The Balaban J connectivity index is 2.29. The molecule has 0 unspecified atom stereocenters. The number of aromatic nitrogens is 1. The first kappa shape index (κ1) is 20.8. The molecule has 0 radical (unpaired) electrons. The number of hydrogen-bond acceptors (Lipinski definition) is 4. The maximum atomic E-state index is 13.4. The molecule has 7 nitrogen and oxygen atoms in total. The van der Waals surface area contributed by atoms with Crippen molar-refractivity contribution in [3.8, 4) is 6.07 Å². The summed E-state index contributed by atoms with van der Waals surface area (Å²) in [5.74, 6) is -2.75. The number of halogens is 1. The second kappa shape index (κ2) is 7.64. The first-order valence-corrected chi connectivity index (χ1v) is 8.48. The predicted molar refractivity (Wildman–Crippen MR) is 101 cm³/mol. The second-order valence-electron chi connectivity index (χ2n) is 7.38. The van der Waals surface area contributed by atoms with Gasteiger partial charge in [0.25, 0.3) is 17.6 Å². The Morgan fingerprint density at radius 1 is 1.18 bits per heavy atom. The summed E-state index contributed by atoms with van der Waals surface area (Å²) in [6.45, 7) is 6.90. The molecule has 0 bridgehead atoms. The van der Waals surface area contributed by atoms with E-state index in [0.29, 0.717) is 5.69 Å². The summed E-state index contributed by atoms with van der Waals surface area (Å²) < 4.78 is 14.9. The van der Waals surface area contributed by atoms with Gasteiger partial charge >= 0.3 is 0 Å². The number of nitrogens with one attached hydrogen (secondary N) is 2. The first-order valence-electron chi connectivity index (χ1n) is 8.48. The normalized spacial score (nSPS) is 10.9. The third-order valence-electron chi connectivity index (χ3n) is 4.05. The van der Waals surface area contributed by atoms with Gasteiger partial charge < -0.3 is 15.2 Å². The molecule has 0 saturated heterocycles. The van der Waals surface area contributed by atoms with Crippen molar-refractivity contribution in [2.45, 2.75) is 33.2 Å². The molecule has 2 N–H and O–H groups in total. The fourth-order valence-corrected chi connectivity index (χ4v) is 2.55. The number of nitrogens with zero attached hydrogens (tertiary/aromatic N) is 2. The van der Waals surface area contributed by atoms with Crippen LogP contribution < -0.4 is 10.6 Å². The minimum absolute atomic E-state index is 0.0706. The molecule has 0 saturated carbocycles. The van der Waals surface area contributed by atoms with Crippen LogP contribution in [-0.4, -0.2) is 27.7 Å². The summed E-state index contributed by atoms with van der Waals surface area (Å²) in [5.41, 5.74) is 0.209. The molecule has 0 fully saturated rings. The first-order chi connectivity index (χ1) is 12.9. The summed E-state index contributed by atoms with van der Waals surface area (Å²) in [7, 11) is 1.58. The van der Waals surface area contributed by atoms with Gasteiger partial charge in [-0.1, -0.05) is 0 Å². The average Bonchev–Trinajstić information content (AvgIpc) is 2.90. The van der Waals surface area contributed by atoms with Gasteiger partial charge in [-0.15, -0.1) is 0 Å². The van der Waals surface area contributed by atoms with E-state index < -0.39 is 29.0 Å². The van der Waals surface area contributed by atoms with Gasteiger partial charge in [0, 0.05) is 24.0 Å². The Kier molecular flexibility index (Phi) is 5.69. The largest absolute Gasteiger partial charge is 0.345 e. The van der Waals surface area contributed by atoms with Crippen molar-refractivity contribution in [3.63, 3.8) is 0 Å². The number of ketones is 1. The molecule has 28 heavy (non-hydrogen) atoms. The van der Waals surface area contributed by atoms with Gasteiger partial charge in [0.1, 0.15) is 11.9 Å². The van der Waals surface area contributed by atoms with E-state index in [1.165, 1.54) is 22.8 Å². The second-order valence-corrected chi connectivity index (χ2v) is 7.38. The SMILES string of the molecule is Cc1c(C(=O)Nc2ccc(F)c(C#N)c2)cc(C(=O)C(=O)NC(C)(C)C)n1C. The van der Waals surface area contributed by atoms with Crippen LogP contribution in [0.2, 0.25) is 0 Å². The van der Waals surface area contributed by atoms with E-state index in [1.807, 2.05) is 0 Å². The summed E-state index contributed by atoms with van der Waals surface area (Å²) in [6.07, 6.45) is 0. The Morgan fingerprint density at radius 3 is 2.39 bits per heavy atom. The highest BCUT2D eigenvalue weighted by Gasteiger charge is 2.26. The molecular formula is C20H21FN4O3. The highest BCUT2D eigenvalue weighted by Crippen LogP contribution is 2.19. The van der Waals surface area contributed by atoms with E-state index in [0.717, 1.165) is 6.07 Å². The van der Waals surface area contributed by atoms with E-state index in [4.69, 9.17) is 5.26 Å². The van der Waals surface area contributed by atoms with Gasteiger partial charge in [-0.2, -0.15) is 5.26 Å². The van der Waals surface area contributed by atoms with Crippen molar-refractivity contribution < 1.29 is 18.8 Å². The van der Waals surface area contributed by atoms with Crippen LogP contribution in [-0.2, 0) is 11.8 Å². The van der Waals surface area contributed by atoms with Crippen molar-refractivity contribution >= 4 is 23.3 Å². The van der Waals surface area contributed by atoms with E-state index in [9.17, 15) is 18.8 Å². The summed E-state index contributed by atoms with van der Waals surface area (Å²) in [5, 5.41) is 14.0. The monoisotopic (exact) mass is 384 g/mol. The standard InChI is InChI=1S/C20H21FN4O3/c1-11-14(18(27)23-13-6-7-15(21)12(8-13)10-22)9-16(25(11)5)17(26)19(28)24-20(2,3)4/h6-9H,1-5H3,(H,23,27)(H,24,28). The van der Waals surface area contributed by atoms with Gasteiger partial charge in [0.15, 0.2) is 0 Å². The van der Waals surface area contributed by atoms with E-state index in [-0.39, 0.29) is 22.5 Å². The lowest BCUT2D eigenvalue weighted by Crippen LogP contribution is -2.44. The topological polar surface area (TPSA) is 104 Å². The maximum absolute atomic E-state index is 13.4. The van der Waals surface area contributed by atoms with Gasteiger partial charge in [0.2, 0.25) is 0 Å². The van der Waals surface area contributed by atoms with Crippen molar-refractivity contribution in [1.82, 2.24) is 9.88 Å². The predicted octanol–water partition coefficient (Wildman–Crippen LogP) is 2.69. The number of carbonyl (C=O) groups is 3. The van der Waals surface area contributed by atoms with Gasteiger partial charge in [0.05, 0.1) is 16.8 Å². The third-order valence-corrected chi connectivity index (χ3v) is 4.05. The summed E-state index contributed by atoms with van der Waals surface area (Å²) >= 11 is 0.